The maximum Gasteiger partial charge on any atom is 0.244 e. The van der Waals surface area contributed by atoms with Gasteiger partial charge in [-0.2, -0.15) is 0 Å². The number of rotatable bonds is 9. The highest BCUT2D eigenvalue weighted by Gasteiger charge is 2.06. The molecular formula is C25H25NO4. The molecule has 0 heterocycles. The summed E-state index contributed by atoms with van der Waals surface area (Å²) in [4.78, 5) is 12.1. The Morgan fingerprint density at radius 3 is 2.33 bits per heavy atom. The molecule has 0 atom stereocenters. The quantitative estimate of drug-likeness (QED) is 0.530. The van der Waals surface area contributed by atoms with E-state index >= 15 is 0 Å². The number of hydrogen-bond acceptors (Lipinski definition) is 4. The molecule has 0 aromatic heterocycles. The van der Waals surface area contributed by atoms with Crippen LogP contribution in [0.2, 0.25) is 0 Å². The van der Waals surface area contributed by atoms with E-state index < -0.39 is 0 Å². The summed E-state index contributed by atoms with van der Waals surface area (Å²) in [5, 5.41) is 2.86. The van der Waals surface area contributed by atoms with Gasteiger partial charge in [-0.3, -0.25) is 4.79 Å². The molecule has 0 aliphatic heterocycles. The summed E-state index contributed by atoms with van der Waals surface area (Å²) in [6.45, 7) is 0.906. The van der Waals surface area contributed by atoms with Gasteiger partial charge in [0.1, 0.15) is 12.4 Å². The van der Waals surface area contributed by atoms with Crippen LogP contribution in [-0.2, 0) is 17.9 Å². The predicted octanol–water partition coefficient (Wildman–Crippen LogP) is 4.61. The molecule has 0 spiro atoms. The van der Waals surface area contributed by atoms with Crippen molar-refractivity contribution >= 4 is 12.0 Å². The second kappa shape index (κ2) is 10.7. The number of nitrogens with one attached hydrogen (secondary N) is 1. The van der Waals surface area contributed by atoms with Crippen LogP contribution in [0.5, 0.6) is 17.2 Å². The summed E-state index contributed by atoms with van der Waals surface area (Å²) < 4.78 is 16.4. The highest BCUT2D eigenvalue weighted by atomic mass is 16.5. The summed E-state index contributed by atoms with van der Waals surface area (Å²) in [7, 11) is 3.22. The Morgan fingerprint density at radius 1 is 0.867 bits per heavy atom. The molecule has 3 rings (SSSR count). The first kappa shape index (κ1) is 21.0. The molecule has 0 radical (unpaired) electrons. The van der Waals surface area contributed by atoms with Gasteiger partial charge in [0.2, 0.25) is 5.91 Å². The molecule has 0 unspecified atom stereocenters. The van der Waals surface area contributed by atoms with Gasteiger partial charge in [-0.1, -0.05) is 48.5 Å². The zero-order valence-corrected chi connectivity index (χ0v) is 17.1. The number of methoxy groups -OCH3 is 2. The van der Waals surface area contributed by atoms with Crippen LogP contribution in [0.3, 0.4) is 0 Å². The van der Waals surface area contributed by atoms with Gasteiger partial charge in [0.25, 0.3) is 0 Å². The van der Waals surface area contributed by atoms with Crippen molar-refractivity contribution in [3.8, 4) is 17.2 Å². The molecule has 0 saturated heterocycles. The summed E-state index contributed by atoms with van der Waals surface area (Å²) in [5.74, 6) is 1.89. The molecule has 1 N–H and O–H groups in total. The van der Waals surface area contributed by atoms with Crippen molar-refractivity contribution in [3.05, 3.63) is 95.6 Å². The lowest BCUT2D eigenvalue weighted by Crippen LogP contribution is -2.20. The Hall–Kier alpha value is -3.73. The third-order valence-corrected chi connectivity index (χ3v) is 4.48. The number of carbonyl (C=O) groups is 1. The SMILES string of the molecule is COc1ccc(CNC(=O)/C=C/c2ccc(OCc3ccccc3)c(OC)c2)cc1. The summed E-state index contributed by atoms with van der Waals surface area (Å²) in [6, 6.07) is 23.1. The van der Waals surface area contributed by atoms with E-state index in [0.717, 1.165) is 22.4 Å². The van der Waals surface area contributed by atoms with Crippen LogP contribution >= 0.6 is 0 Å². The lowest BCUT2D eigenvalue weighted by atomic mass is 10.1. The molecular weight excluding hydrogens is 378 g/mol. The van der Waals surface area contributed by atoms with Crippen LogP contribution in [0.1, 0.15) is 16.7 Å². The maximum absolute atomic E-state index is 12.1. The van der Waals surface area contributed by atoms with Crippen molar-refractivity contribution < 1.29 is 19.0 Å². The van der Waals surface area contributed by atoms with Crippen LogP contribution in [0.4, 0.5) is 0 Å². The normalized spacial score (nSPS) is 10.6. The average Bonchev–Trinajstić information content (AvgIpc) is 2.81. The summed E-state index contributed by atoms with van der Waals surface area (Å²) >= 11 is 0. The fourth-order valence-corrected chi connectivity index (χ4v) is 2.81. The van der Waals surface area contributed by atoms with Gasteiger partial charge in [-0.15, -0.1) is 0 Å². The van der Waals surface area contributed by atoms with Gasteiger partial charge in [0, 0.05) is 12.6 Å². The van der Waals surface area contributed by atoms with Crippen molar-refractivity contribution in [2.75, 3.05) is 14.2 Å². The van der Waals surface area contributed by atoms with Crippen LogP contribution < -0.4 is 19.5 Å². The van der Waals surface area contributed by atoms with E-state index in [0.29, 0.717) is 24.7 Å². The molecule has 0 bridgehead atoms. The largest absolute Gasteiger partial charge is 0.497 e. The zero-order chi connectivity index (χ0) is 21.2. The Labute approximate surface area is 176 Å². The van der Waals surface area contributed by atoms with Crippen molar-refractivity contribution in [3.63, 3.8) is 0 Å². The third-order valence-electron chi connectivity index (χ3n) is 4.48. The molecule has 5 heteroatoms. The number of benzene rings is 3. The third kappa shape index (κ3) is 6.14. The van der Waals surface area contributed by atoms with E-state index in [9.17, 15) is 4.79 Å². The minimum atomic E-state index is -0.172. The highest BCUT2D eigenvalue weighted by molar-refractivity contribution is 5.91. The average molecular weight is 403 g/mol. The molecule has 0 aliphatic rings. The Bertz CT molecular complexity index is 982. The van der Waals surface area contributed by atoms with Gasteiger partial charge in [-0.25, -0.2) is 0 Å². The van der Waals surface area contributed by atoms with Gasteiger partial charge >= 0.3 is 0 Å². The van der Waals surface area contributed by atoms with E-state index in [1.165, 1.54) is 6.08 Å². The first-order chi connectivity index (χ1) is 14.7. The summed E-state index contributed by atoms with van der Waals surface area (Å²) in [6.07, 6.45) is 3.25. The molecule has 5 nitrogen and oxygen atoms in total. The lowest BCUT2D eigenvalue weighted by Gasteiger charge is -2.11. The van der Waals surface area contributed by atoms with Crippen LogP contribution in [-0.4, -0.2) is 20.1 Å². The zero-order valence-electron chi connectivity index (χ0n) is 17.1. The molecule has 0 saturated carbocycles. The number of amides is 1. The van der Waals surface area contributed by atoms with E-state index in [-0.39, 0.29) is 5.91 Å². The lowest BCUT2D eigenvalue weighted by molar-refractivity contribution is -0.116. The molecule has 0 aliphatic carbocycles. The van der Waals surface area contributed by atoms with E-state index in [4.69, 9.17) is 14.2 Å². The Kier molecular flexibility index (Phi) is 7.50. The first-order valence-electron chi connectivity index (χ1n) is 9.61. The smallest absolute Gasteiger partial charge is 0.244 e. The topological polar surface area (TPSA) is 56.8 Å². The van der Waals surface area contributed by atoms with E-state index in [1.54, 1.807) is 20.3 Å². The van der Waals surface area contributed by atoms with Crippen molar-refractivity contribution in [2.24, 2.45) is 0 Å². The number of ether oxygens (including phenoxy) is 3. The fourth-order valence-electron chi connectivity index (χ4n) is 2.81. The minimum absolute atomic E-state index is 0.172. The predicted molar refractivity (Wildman–Crippen MR) is 118 cm³/mol. The molecule has 3 aromatic carbocycles. The van der Waals surface area contributed by atoms with Gasteiger partial charge in [0.05, 0.1) is 14.2 Å². The van der Waals surface area contributed by atoms with Crippen LogP contribution in [0.25, 0.3) is 6.08 Å². The molecule has 154 valence electrons. The van der Waals surface area contributed by atoms with E-state index in [2.05, 4.69) is 5.32 Å². The van der Waals surface area contributed by atoms with Crippen LogP contribution in [0, 0.1) is 0 Å². The molecule has 0 fully saturated rings. The molecule has 3 aromatic rings. The fraction of sp³-hybridized carbons (Fsp3) is 0.160. The molecule has 1 amide bonds. The second-order valence-electron chi connectivity index (χ2n) is 6.58. The number of carbonyl (C=O) groups excluding carboxylic acids is 1. The minimum Gasteiger partial charge on any atom is -0.497 e. The summed E-state index contributed by atoms with van der Waals surface area (Å²) in [5.41, 5.74) is 2.93. The van der Waals surface area contributed by atoms with Gasteiger partial charge < -0.3 is 19.5 Å². The first-order valence-corrected chi connectivity index (χ1v) is 9.61. The van der Waals surface area contributed by atoms with Crippen LogP contribution in [0.15, 0.2) is 78.9 Å². The van der Waals surface area contributed by atoms with Gasteiger partial charge in [0.15, 0.2) is 11.5 Å². The monoisotopic (exact) mass is 403 g/mol. The van der Waals surface area contributed by atoms with Crippen molar-refractivity contribution in [2.45, 2.75) is 13.2 Å². The standard InChI is InChI=1S/C25H25NO4/c1-28-22-12-8-20(9-13-22)17-26-25(27)15-11-19-10-14-23(24(16-19)29-2)30-18-21-6-4-3-5-7-21/h3-16H,17-18H2,1-2H3,(H,26,27)/b15-11+. The Morgan fingerprint density at radius 2 is 1.63 bits per heavy atom. The van der Waals surface area contributed by atoms with Crippen molar-refractivity contribution in [1.82, 2.24) is 5.32 Å². The number of hydrogen-bond donors (Lipinski definition) is 1. The Balaban J connectivity index is 1.55. The second-order valence-corrected chi connectivity index (χ2v) is 6.58. The van der Waals surface area contributed by atoms with Gasteiger partial charge in [-0.05, 0) is 47.0 Å². The van der Waals surface area contributed by atoms with Crippen molar-refractivity contribution in [1.29, 1.82) is 0 Å². The van der Waals surface area contributed by atoms with E-state index in [1.807, 2.05) is 72.8 Å². The highest BCUT2D eigenvalue weighted by Crippen LogP contribution is 2.29. The maximum atomic E-state index is 12.1. The molecule has 30 heavy (non-hydrogen) atoms.